The number of furan rings is 1. The van der Waals surface area contributed by atoms with Gasteiger partial charge in [0.25, 0.3) is 0 Å². The molecule has 11 aromatic carbocycles. The fourth-order valence-electron chi connectivity index (χ4n) is 15.8. The van der Waals surface area contributed by atoms with E-state index in [-0.39, 0.29) is 55.9 Å². The van der Waals surface area contributed by atoms with E-state index >= 15 is 0 Å². The van der Waals surface area contributed by atoms with Crippen LogP contribution in [0, 0.1) is 55.4 Å². The summed E-state index contributed by atoms with van der Waals surface area (Å²) < 4.78 is 69.0. The minimum atomic E-state index is -0.902. The van der Waals surface area contributed by atoms with Gasteiger partial charge in [-0.05, 0) is 212 Å². The van der Waals surface area contributed by atoms with Gasteiger partial charge in [-0.1, -0.05) is 193 Å². The summed E-state index contributed by atoms with van der Waals surface area (Å²) in [6.45, 7) is 20.3. The summed E-state index contributed by atoms with van der Waals surface area (Å²) in [4.78, 5) is 70.9. The third-order valence-electron chi connectivity index (χ3n) is 22.2. The Labute approximate surface area is 865 Å². The molecule has 0 saturated carbocycles. The van der Waals surface area contributed by atoms with Gasteiger partial charge in [0.2, 0.25) is 0 Å². The molecule has 0 unspecified atom stereocenters. The number of hydrogen-bond acceptors (Lipinski definition) is 24. The lowest BCUT2D eigenvalue weighted by Crippen LogP contribution is -2.29. The molecule has 0 aliphatic heterocycles. The Morgan fingerprint density at radius 1 is 0.265 bits per heavy atom. The van der Waals surface area contributed by atoms with Crippen molar-refractivity contribution in [3.63, 3.8) is 0 Å². The molecule has 0 saturated heterocycles. The first kappa shape index (κ1) is 115. The normalized spacial score (nSPS) is 10.7. The molecule has 5 heterocycles. The Balaban J connectivity index is 0.000000216. The smallest absolute Gasteiger partial charge is 0.317 e. The number of nitrogens with zero attached hydrogens (tertiary/aromatic N) is 8. The van der Waals surface area contributed by atoms with Crippen LogP contribution in [-0.2, 0) is 97.2 Å². The SMILES string of the molecule is C.C.C.C.Cc1nc(CCOc2ccc(CN(CC(=O)O)Cc3ccc(-c4ccccc4Cl)o3)cc2)c(C)o1.Cc1nc(CCOc2ccc(CN(CC(=O)O)Cc3ccc(Oc4ccccc4)cc3)cc2)c(C)o1.Cc1nc(CCOc2cccc(CN(CC(=O)O)Cc3ccc(Oc4ccccc4)cc3)c2)c(C)o1.Cc1nc(CCOc2cccc(CN(CC(=O)O)Cc3cccc(Oc4ccccc4)c3)c2)c(C)o1. The number of hydrogen-bond donors (Lipinski definition) is 4. The Morgan fingerprint density at radius 3 is 0.816 bits per heavy atom. The molecule has 0 amide bonds. The zero-order valence-electron chi connectivity index (χ0n) is 81.2. The van der Waals surface area contributed by atoms with Crippen molar-refractivity contribution in [2.24, 2.45) is 0 Å². The molecule has 0 aliphatic rings. The Hall–Kier alpha value is -15.9. The number of para-hydroxylation sites is 3. The predicted octanol–water partition coefficient (Wildman–Crippen LogP) is 25.8. The summed E-state index contributed by atoms with van der Waals surface area (Å²) >= 11 is 6.27. The van der Waals surface area contributed by atoms with Gasteiger partial charge in [-0.15, -0.1) is 0 Å². The van der Waals surface area contributed by atoms with Gasteiger partial charge in [-0.25, -0.2) is 19.9 Å². The van der Waals surface area contributed by atoms with Crippen LogP contribution in [0.15, 0.2) is 319 Å². The predicted molar refractivity (Wildman–Crippen MR) is 568 cm³/mol. The lowest BCUT2D eigenvalue weighted by atomic mass is 10.1. The van der Waals surface area contributed by atoms with Crippen LogP contribution in [0.2, 0.25) is 5.02 Å². The molecule has 772 valence electrons. The van der Waals surface area contributed by atoms with Crippen molar-refractivity contribution in [3.05, 3.63) is 416 Å². The molecule has 0 bridgehead atoms. The average Bonchev–Trinajstić information content (AvgIpc) is 1.73. The number of oxazole rings is 4. The number of ether oxygens (including phenoxy) is 7. The molecule has 5 aromatic heterocycles. The van der Waals surface area contributed by atoms with Gasteiger partial charge in [0.15, 0.2) is 23.6 Å². The Morgan fingerprint density at radius 2 is 0.517 bits per heavy atom. The standard InChI is InChI=1S/3C29H30N2O5.C27H27ClN2O5.4CH4/c1-21-28(30-22(2)35-21)14-15-34-26-12-6-8-23(16-26)18-31(20-29(32)33)19-24-9-7-13-27(17-24)36-25-10-4-3-5-11-25;1-21-28(30-22(2)35-21)15-16-34-27-10-6-7-24(17-27)19-31(20-29(32)33)18-23-11-13-26(14-12-23)36-25-8-4-3-5-9-25;1-21-28(30-22(2)35-21)16-17-34-25-12-8-23(9-13-25)18-31(20-29(32)33)19-24-10-14-27(15-11-24)36-26-6-4-3-5-7-26;1-18-25(29-19(2)34-18)13-14-33-21-9-7-20(8-10-21)15-30(17-27(31)32)16-22-11-12-26(35-22)23-5-3-4-6-24(23)28;;;;/h3-13,16-17H,14-15,18-20H2,1-2H3,(H,32,33);3-14,17H,15-16,18-20H2,1-2H3,(H,32,33);3-15H,16-20H2,1-2H3,(H,32,33);3-12H,13-17H2,1-2H3,(H,31,32);4*1H4. The number of aromatic nitrogens is 4. The second-order valence-corrected chi connectivity index (χ2v) is 34.4. The maximum absolute atomic E-state index is 11.6. The van der Waals surface area contributed by atoms with Gasteiger partial charge in [0.05, 0.1) is 86.9 Å². The van der Waals surface area contributed by atoms with Crippen molar-refractivity contribution in [1.29, 1.82) is 0 Å². The van der Waals surface area contributed by atoms with Crippen molar-refractivity contribution in [1.82, 2.24) is 39.5 Å². The van der Waals surface area contributed by atoms with Gasteiger partial charge in [0.1, 0.15) is 92.1 Å². The first-order valence-corrected chi connectivity index (χ1v) is 47.2. The highest BCUT2D eigenvalue weighted by atomic mass is 35.5. The molecule has 0 atom stereocenters. The highest BCUT2D eigenvalue weighted by Crippen LogP contribution is 2.33. The van der Waals surface area contributed by atoms with Crippen LogP contribution in [0.3, 0.4) is 0 Å². The molecule has 4 N–H and O–H groups in total. The van der Waals surface area contributed by atoms with Crippen molar-refractivity contribution < 1.29 is 94.8 Å². The minimum absolute atomic E-state index is 0. The summed E-state index contributed by atoms with van der Waals surface area (Å²) in [7, 11) is 0. The molecule has 0 fully saturated rings. The molecule has 29 heteroatoms. The zero-order chi connectivity index (χ0) is 101. The van der Waals surface area contributed by atoms with E-state index in [1.165, 1.54) is 0 Å². The molecule has 0 spiro atoms. The van der Waals surface area contributed by atoms with Crippen LogP contribution < -0.4 is 33.2 Å². The third kappa shape index (κ3) is 39.0. The molecule has 16 rings (SSSR count). The summed E-state index contributed by atoms with van der Waals surface area (Å²) in [6.07, 6.45) is 2.64. The van der Waals surface area contributed by atoms with Crippen LogP contribution >= 0.6 is 11.6 Å². The van der Waals surface area contributed by atoms with Gasteiger partial charge in [-0.2, -0.15) is 0 Å². The van der Waals surface area contributed by atoms with Gasteiger partial charge >= 0.3 is 23.9 Å². The first-order valence-electron chi connectivity index (χ1n) is 46.8. The largest absolute Gasteiger partial charge is 0.493 e. The van der Waals surface area contributed by atoms with Crippen LogP contribution in [0.1, 0.15) is 144 Å². The lowest BCUT2D eigenvalue weighted by molar-refractivity contribution is -0.139. The Bertz CT molecular complexity index is 6690. The van der Waals surface area contributed by atoms with E-state index in [1.54, 1.807) is 6.07 Å². The molecule has 16 aromatic rings. The fraction of sp³-hybridized carbons (Fsp3) is 0.271. The molecular weight excluding hydrogens is 1880 g/mol. The summed E-state index contributed by atoms with van der Waals surface area (Å²) in [5, 5.41) is 38.3. The molecule has 0 aliphatic carbocycles. The maximum Gasteiger partial charge on any atom is 0.317 e. The highest BCUT2D eigenvalue weighted by Gasteiger charge is 2.21. The average molecular weight is 2020 g/mol. The highest BCUT2D eigenvalue weighted by molar-refractivity contribution is 6.33. The zero-order valence-corrected chi connectivity index (χ0v) is 82.0. The second-order valence-electron chi connectivity index (χ2n) is 34.0. The molecule has 147 heavy (non-hydrogen) atoms. The van der Waals surface area contributed by atoms with Crippen molar-refractivity contribution >= 4 is 35.5 Å². The van der Waals surface area contributed by atoms with E-state index in [9.17, 15) is 39.6 Å². The maximum atomic E-state index is 11.6. The van der Waals surface area contributed by atoms with E-state index in [1.807, 2.05) is 366 Å². The number of carboxylic acid groups (broad SMARTS) is 4. The number of benzene rings is 11. The van der Waals surface area contributed by atoms with E-state index in [4.69, 9.17) is 66.8 Å². The second kappa shape index (κ2) is 58.8. The first-order chi connectivity index (χ1) is 69.2. The van der Waals surface area contributed by atoms with Crippen LogP contribution in [0.25, 0.3) is 11.3 Å². The monoisotopic (exact) mass is 2020 g/mol. The van der Waals surface area contributed by atoms with E-state index in [0.717, 1.165) is 142 Å². The third-order valence-corrected chi connectivity index (χ3v) is 22.5. The molecule has 28 nitrogen and oxygen atoms in total. The summed E-state index contributed by atoms with van der Waals surface area (Å²) in [5.41, 5.74) is 11.3. The molecular formula is C118H133ClN8O20. The number of carbonyl (C=O) groups is 4. The van der Waals surface area contributed by atoms with Crippen LogP contribution in [0.4, 0.5) is 0 Å². The minimum Gasteiger partial charge on any atom is -0.493 e. The van der Waals surface area contributed by atoms with Crippen molar-refractivity contribution in [2.75, 3.05) is 52.6 Å². The van der Waals surface area contributed by atoms with Crippen molar-refractivity contribution in [3.8, 4) is 68.8 Å². The summed E-state index contributed by atoms with van der Waals surface area (Å²) in [5.74, 6) is 11.1. The van der Waals surface area contributed by atoms with Crippen LogP contribution in [-0.4, -0.2) is 136 Å². The van der Waals surface area contributed by atoms with E-state index < -0.39 is 23.9 Å². The molecule has 0 radical (unpaired) electrons. The Kier molecular flexibility index (Phi) is 45.9. The van der Waals surface area contributed by atoms with E-state index in [2.05, 4.69) is 19.9 Å². The van der Waals surface area contributed by atoms with Gasteiger partial charge in [-0.3, -0.25) is 38.8 Å². The van der Waals surface area contributed by atoms with Gasteiger partial charge in [0, 0.05) is 105 Å². The number of carboxylic acids is 4. The summed E-state index contributed by atoms with van der Waals surface area (Å²) in [6, 6.07) is 93.9. The number of rotatable bonds is 47. The van der Waals surface area contributed by atoms with Gasteiger partial charge < -0.3 is 75.7 Å². The van der Waals surface area contributed by atoms with E-state index in [0.29, 0.717) is 150 Å². The quantitative estimate of drug-likeness (QED) is 0.0275. The number of halogens is 1. The van der Waals surface area contributed by atoms with Crippen molar-refractivity contribution in [2.45, 2.75) is 163 Å². The topological polar surface area (TPSA) is 344 Å². The fourth-order valence-corrected chi connectivity index (χ4v) is 16.0. The van der Waals surface area contributed by atoms with Crippen LogP contribution in [0.5, 0.6) is 57.5 Å². The number of aryl methyl sites for hydroxylation is 8. The lowest BCUT2D eigenvalue weighted by Gasteiger charge is -2.21. The number of aliphatic carboxylic acids is 4.